The molecule has 1 fully saturated rings. The van der Waals surface area contributed by atoms with Gasteiger partial charge < -0.3 is 35.9 Å². The van der Waals surface area contributed by atoms with Gasteiger partial charge in [0.15, 0.2) is 0 Å². The van der Waals surface area contributed by atoms with Gasteiger partial charge in [-0.3, -0.25) is 14.4 Å². The van der Waals surface area contributed by atoms with Gasteiger partial charge in [0.25, 0.3) is 0 Å². The van der Waals surface area contributed by atoms with Crippen LogP contribution in [0.25, 0.3) is 0 Å². The number of amides is 1. The number of hydrogen-bond donors (Lipinski definition) is 5. The van der Waals surface area contributed by atoms with E-state index in [4.69, 9.17) is 15.6 Å². The van der Waals surface area contributed by atoms with Gasteiger partial charge >= 0.3 is 17.9 Å². The molecule has 1 aliphatic rings. The van der Waals surface area contributed by atoms with E-state index in [1.165, 1.54) is 11.2 Å². The average molecular weight is 546 g/mol. The van der Waals surface area contributed by atoms with Gasteiger partial charge in [-0.2, -0.15) is 0 Å². The van der Waals surface area contributed by atoms with Gasteiger partial charge in [-0.15, -0.1) is 0 Å². The third-order valence-corrected chi connectivity index (χ3v) is 6.42. The third kappa shape index (κ3) is 10.5. The van der Waals surface area contributed by atoms with Crippen molar-refractivity contribution < 1.29 is 34.1 Å². The van der Waals surface area contributed by atoms with Gasteiger partial charge in [0, 0.05) is 31.4 Å². The summed E-state index contributed by atoms with van der Waals surface area (Å²) in [7, 11) is 0. The molecule has 1 saturated heterocycles. The fraction of sp³-hybridized carbons (Fsp3) is 0.519. The lowest BCUT2D eigenvalue weighted by Crippen LogP contribution is -2.50. The molecule has 3 rings (SSSR count). The van der Waals surface area contributed by atoms with Crippen molar-refractivity contribution in [3.8, 4) is 0 Å². The number of aryl methyl sites for hydroxylation is 1. The van der Waals surface area contributed by atoms with Gasteiger partial charge in [0.1, 0.15) is 12.1 Å². The topological polar surface area (TPSA) is 188 Å². The number of nitrogens with one attached hydrogen (secondary N) is 2. The van der Waals surface area contributed by atoms with Crippen LogP contribution in [0.5, 0.6) is 0 Å². The highest BCUT2D eigenvalue weighted by atomic mass is 16.5. The molecule has 0 bridgehead atoms. The van der Waals surface area contributed by atoms with Gasteiger partial charge in [-0.25, -0.2) is 9.78 Å². The Morgan fingerprint density at radius 2 is 1.95 bits per heavy atom. The molecular formula is C27H39N5O7. The molecule has 6 N–H and O–H groups in total. The molecule has 1 aromatic heterocycles. The summed E-state index contributed by atoms with van der Waals surface area (Å²) in [6.07, 6.45) is 5.86. The van der Waals surface area contributed by atoms with Gasteiger partial charge in [0.2, 0.25) is 5.91 Å². The number of hydrogen-bond acceptors (Lipinski definition) is 8. The molecule has 0 spiro atoms. The molecule has 0 unspecified atom stereocenters. The predicted octanol–water partition coefficient (Wildman–Crippen LogP) is 1.22. The number of carboxylic acid groups (broad SMARTS) is 2. The molecule has 0 radical (unpaired) electrons. The van der Waals surface area contributed by atoms with Crippen LogP contribution in [0.15, 0.2) is 42.9 Å². The smallest absolute Gasteiger partial charge is 0.326 e. The Morgan fingerprint density at radius 3 is 2.54 bits per heavy atom. The number of nitrogens with two attached hydrogens (primary N) is 1. The summed E-state index contributed by atoms with van der Waals surface area (Å²) < 4.78 is 5.18. The molecule has 1 aliphatic heterocycles. The van der Waals surface area contributed by atoms with E-state index in [2.05, 4.69) is 15.3 Å². The summed E-state index contributed by atoms with van der Waals surface area (Å²) in [6.45, 7) is 4.55. The quantitative estimate of drug-likeness (QED) is 0.229. The molecule has 12 nitrogen and oxygen atoms in total. The van der Waals surface area contributed by atoms with Crippen LogP contribution in [0, 0.1) is 5.92 Å². The Kier molecular flexibility index (Phi) is 13.1. The Bertz CT molecular complexity index is 1050. The molecule has 2 aromatic rings. The minimum Gasteiger partial charge on any atom is -0.480 e. The molecule has 1 amide bonds. The number of nitrogens with zero attached hydrogens (tertiary/aromatic N) is 2. The number of aromatic amines is 1. The van der Waals surface area contributed by atoms with Crippen molar-refractivity contribution in [3.63, 3.8) is 0 Å². The highest BCUT2D eigenvalue weighted by Gasteiger charge is 2.36. The lowest BCUT2D eigenvalue weighted by molar-refractivity contribution is -0.149. The zero-order chi connectivity index (χ0) is 28.8. The van der Waals surface area contributed by atoms with Crippen LogP contribution in [0.3, 0.4) is 0 Å². The number of carboxylic acids is 2. The molecule has 214 valence electrons. The molecule has 39 heavy (non-hydrogen) atoms. The minimum absolute atomic E-state index is 0.240. The van der Waals surface area contributed by atoms with E-state index in [1.54, 1.807) is 20.0 Å². The van der Waals surface area contributed by atoms with Crippen molar-refractivity contribution >= 4 is 23.8 Å². The number of carbonyl (C=O) groups is 4. The number of likely N-dealkylation sites (tertiary alicyclic amines) is 1. The number of aliphatic carboxylic acids is 2. The van der Waals surface area contributed by atoms with E-state index in [0.29, 0.717) is 39.0 Å². The van der Waals surface area contributed by atoms with E-state index in [-0.39, 0.29) is 24.2 Å². The monoisotopic (exact) mass is 545 g/mol. The second-order valence-electron chi connectivity index (χ2n) is 9.36. The van der Waals surface area contributed by atoms with Gasteiger partial charge in [-0.05, 0) is 45.1 Å². The van der Waals surface area contributed by atoms with Gasteiger partial charge in [-0.1, -0.05) is 30.3 Å². The normalized spacial score (nSPS) is 16.9. The van der Waals surface area contributed by atoms with Crippen LogP contribution in [0.4, 0.5) is 0 Å². The zero-order valence-electron chi connectivity index (χ0n) is 22.4. The van der Waals surface area contributed by atoms with Crippen LogP contribution in [-0.4, -0.2) is 86.7 Å². The van der Waals surface area contributed by atoms with Crippen molar-refractivity contribution in [1.29, 1.82) is 0 Å². The summed E-state index contributed by atoms with van der Waals surface area (Å²) >= 11 is 0. The lowest BCUT2D eigenvalue weighted by atomic mass is 9.99. The maximum Gasteiger partial charge on any atom is 0.326 e. The van der Waals surface area contributed by atoms with E-state index in [0.717, 1.165) is 17.7 Å². The SMILES string of the molecule is CCOC(=O)[C@H](CCc1ccccc1)CN[C@@H](C)C(=O)N1CCC[C@@H]1C(=O)O.N[C@@H](Cc1cnc[nH]1)C(=O)O. The fourth-order valence-corrected chi connectivity index (χ4v) is 4.21. The standard InChI is InChI=1S/C21H30N2O5.C6H9N3O2/c1-3-28-21(27)17(12-11-16-8-5-4-6-9-16)14-22-15(2)19(24)23-13-7-10-18(23)20(25)26;7-5(6(10)11)1-4-2-8-3-9-4/h4-6,8-9,15,17-18,22H,3,7,10-14H2,1-2H3,(H,25,26);2-3,5H,1,7H2,(H,8,9)(H,10,11)/t15-,17+,18+;5-/m00/s1. The first-order valence-electron chi connectivity index (χ1n) is 13.1. The number of imidazole rings is 1. The predicted molar refractivity (Wildman–Crippen MR) is 143 cm³/mol. The number of benzene rings is 1. The van der Waals surface area contributed by atoms with E-state index < -0.39 is 30.1 Å². The molecule has 12 heteroatoms. The molecule has 1 aromatic carbocycles. The van der Waals surface area contributed by atoms with Crippen LogP contribution >= 0.6 is 0 Å². The fourth-order valence-electron chi connectivity index (χ4n) is 4.21. The Hall–Kier alpha value is -3.77. The maximum absolute atomic E-state index is 12.6. The number of aromatic nitrogens is 2. The summed E-state index contributed by atoms with van der Waals surface area (Å²) in [6, 6.07) is 7.73. The van der Waals surface area contributed by atoms with Crippen molar-refractivity contribution in [3.05, 3.63) is 54.1 Å². The van der Waals surface area contributed by atoms with E-state index in [9.17, 15) is 24.3 Å². The number of ether oxygens (including phenoxy) is 1. The molecule has 0 aliphatic carbocycles. The highest BCUT2D eigenvalue weighted by molar-refractivity contribution is 5.87. The van der Waals surface area contributed by atoms with Crippen LogP contribution in [0.2, 0.25) is 0 Å². The summed E-state index contributed by atoms with van der Waals surface area (Å²) in [5.41, 5.74) is 7.14. The number of H-pyrrole nitrogens is 1. The maximum atomic E-state index is 12.6. The first kappa shape index (κ1) is 31.4. The molecular weight excluding hydrogens is 506 g/mol. The first-order chi connectivity index (χ1) is 18.6. The van der Waals surface area contributed by atoms with Crippen molar-refractivity contribution in [2.75, 3.05) is 19.7 Å². The minimum atomic E-state index is -1.00. The summed E-state index contributed by atoms with van der Waals surface area (Å²) in [5, 5.41) is 20.8. The van der Waals surface area contributed by atoms with Crippen LogP contribution in [-0.2, 0) is 36.8 Å². The van der Waals surface area contributed by atoms with Crippen LogP contribution < -0.4 is 11.1 Å². The molecule has 4 atom stereocenters. The zero-order valence-corrected chi connectivity index (χ0v) is 22.4. The number of carbonyl (C=O) groups excluding carboxylic acids is 2. The Labute approximate surface area is 227 Å². The molecule has 0 saturated carbocycles. The molecule has 2 heterocycles. The van der Waals surface area contributed by atoms with Gasteiger partial charge in [0.05, 0.1) is 24.9 Å². The van der Waals surface area contributed by atoms with Crippen molar-refractivity contribution in [2.24, 2.45) is 11.7 Å². The Balaban J connectivity index is 0.000000404. The Morgan fingerprint density at radius 1 is 1.23 bits per heavy atom. The van der Waals surface area contributed by atoms with Crippen molar-refractivity contribution in [2.45, 2.75) is 64.1 Å². The van der Waals surface area contributed by atoms with E-state index in [1.807, 2.05) is 30.3 Å². The number of esters is 1. The number of rotatable bonds is 13. The first-order valence-corrected chi connectivity index (χ1v) is 13.1. The highest BCUT2D eigenvalue weighted by Crippen LogP contribution is 2.19. The average Bonchev–Trinajstić information content (AvgIpc) is 3.61. The van der Waals surface area contributed by atoms with Crippen LogP contribution in [0.1, 0.15) is 44.4 Å². The summed E-state index contributed by atoms with van der Waals surface area (Å²) in [4.78, 5) is 54.4. The second kappa shape index (κ2) is 16.2. The lowest BCUT2D eigenvalue weighted by Gasteiger charge is -2.26. The van der Waals surface area contributed by atoms with Crippen molar-refractivity contribution in [1.82, 2.24) is 20.2 Å². The summed E-state index contributed by atoms with van der Waals surface area (Å²) in [5.74, 6) is -2.86. The second-order valence-corrected chi connectivity index (χ2v) is 9.36. The largest absolute Gasteiger partial charge is 0.480 e. The van der Waals surface area contributed by atoms with E-state index >= 15 is 0 Å². The third-order valence-electron chi connectivity index (χ3n) is 6.42.